The molecule has 1 heterocycles. The molecule has 0 fully saturated rings. The van der Waals surface area contributed by atoms with Crippen molar-refractivity contribution in [1.29, 1.82) is 0 Å². The zero-order chi connectivity index (χ0) is 17.1. The van der Waals surface area contributed by atoms with E-state index in [9.17, 15) is 14.7 Å². The topological polar surface area (TPSA) is 95.3 Å². The number of hydrogen-bond donors (Lipinski definition) is 1. The second-order valence-corrected chi connectivity index (χ2v) is 6.10. The van der Waals surface area contributed by atoms with E-state index in [1.807, 2.05) is 18.2 Å². The van der Waals surface area contributed by atoms with Crippen LogP contribution in [0.3, 0.4) is 0 Å². The number of aromatic carboxylic acids is 1. The van der Waals surface area contributed by atoms with Crippen LogP contribution in [0.5, 0.6) is 0 Å². The average Bonchev–Trinajstić information content (AvgIpc) is 2.97. The minimum Gasteiger partial charge on any atom is -0.545 e. The summed E-state index contributed by atoms with van der Waals surface area (Å²) in [5.74, 6) is -1.67. The largest absolute Gasteiger partial charge is 0.545 e. The second-order valence-electron chi connectivity index (χ2n) is 4.77. The zero-order valence-electron chi connectivity index (χ0n) is 12.1. The quantitative estimate of drug-likeness (QED) is 0.702. The van der Waals surface area contributed by atoms with E-state index >= 15 is 0 Å². The number of thioether (sulfide) groups is 1. The van der Waals surface area contributed by atoms with Gasteiger partial charge in [0.25, 0.3) is 5.22 Å². The molecule has 1 aromatic heterocycles. The number of nitrogens with one attached hydrogen (secondary N) is 1. The van der Waals surface area contributed by atoms with Crippen LogP contribution in [0.4, 0.5) is 5.69 Å². The predicted molar refractivity (Wildman–Crippen MR) is 89.1 cm³/mol. The van der Waals surface area contributed by atoms with Gasteiger partial charge in [0.2, 0.25) is 5.91 Å². The van der Waals surface area contributed by atoms with Gasteiger partial charge in [-0.3, -0.25) is 4.79 Å². The van der Waals surface area contributed by atoms with Crippen LogP contribution in [0, 0.1) is 0 Å². The minimum absolute atomic E-state index is 0.0499. The standard InChI is InChI=1S/C16H11ClN2O4S/c17-11-6-5-9(7-10(11)15(21)22)18-14(20)8-24-16-19-12-3-1-2-4-13(12)23-16/h1-7H,8H2,(H,18,20)(H,21,22)/p-1. The van der Waals surface area contributed by atoms with E-state index in [1.54, 1.807) is 6.07 Å². The number of carbonyl (C=O) groups is 2. The van der Waals surface area contributed by atoms with Gasteiger partial charge in [0.15, 0.2) is 5.58 Å². The van der Waals surface area contributed by atoms with Crippen molar-refractivity contribution in [3.05, 3.63) is 53.1 Å². The highest BCUT2D eigenvalue weighted by molar-refractivity contribution is 7.99. The lowest BCUT2D eigenvalue weighted by atomic mass is 10.2. The molecule has 3 rings (SSSR count). The summed E-state index contributed by atoms with van der Waals surface area (Å²) >= 11 is 6.89. The van der Waals surface area contributed by atoms with Crippen LogP contribution in [-0.4, -0.2) is 22.6 Å². The second kappa shape index (κ2) is 6.94. The molecule has 0 aliphatic heterocycles. The van der Waals surface area contributed by atoms with Crippen molar-refractivity contribution in [2.45, 2.75) is 5.22 Å². The number of oxazole rings is 1. The van der Waals surface area contributed by atoms with Gasteiger partial charge in [-0.05, 0) is 30.3 Å². The fourth-order valence-corrected chi connectivity index (χ4v) is 2.83. The number of rotatable bonds is 5. The summed E-state index contributed by atoms with van der Waals surface area (Å²) in [7, 11) is 0. The van der Waals surface area contributed by atoms with Crippen molar-refractivity contribution < 1.29 is 19.1 Å². The molecule has 8 heteroatoms. The number of amides is 1. The Balaban J connectivity index is 1.63. The molecule has 0 bridgehead atoms. The number of aromatic nitrogens is 1. The lowest BCUT2D eigenvalue weighted by molar-refractivity contribution is -0.255. The van der Waals surface area contributed by atoms with Crippen LogP contribution in [0.15, 0.2) is 52.1 Å². The van der Waals surface area contributed by atoms with Gasteiger partial charge in [0.05, 0.1) is 11.7 Å². The number of carbonyl (C=O) groups excluding carboxylic acids is 2. The number of carboxylic acids is 1. The van der Waals surface area contributed by atoms with Crippen LogP contribution < -0.4 is 10.4 Å². The molecular weight excluding hydrogens is 352 g/mol. The summed E-state index contributed by atoms with van der Waals surface area (Å²) in [5.41, 5.74) is 1.51. The highest BCUT2D eigenvalue weighted by atomic mass is 35.5. The average molecular weight is 362 g/mol. The van der Waals surface area contributed by atoms with Gasteiger partial charge < -0.3 is 19.6 Å². The van der Waals surface area contributed by atoms with Crippen LogP contribution >= 0.6 is 23.4 Å². The lowest BCUT2D eigenvalue weighted by Crippen LogP contribution is -2.23. The van der Waals surface area contributed by atoms with Crippen LogP contribution in [0.2, 0.25) is 5.02 Å². The Hall–Kier alpha value is -2.51. The van der Waals surface area contributed by atoms with Crippen LogP contribution in [-0.2, 0) is 4.79 Å². The highest BCUT2D eigenvalue weighted by Crippen LogP contribution is 2.24. The Kier molecular flexibility index (Phi) is 4.73. The maximum atomic E-state index is 12.0. The molecule has 3 aromatic rings. The number of para-hydroxylation sites is 2. The third-order valence-corrected chi connectivity index (χ3v) is 4.23. The molecule has 0 atom stereocenters. The molecule has 0 unspecified atom stereocenters. The van der Waals surface area contributed by atoms with E-state index in [0.717, 1.165) is 17.3 Å². The van der Waals surface area contributed by atoms with E-state index in [1.165, 1.54) is 18.2 Å². The third-order valence-electron chi connectivity index (χ3n) is 3.07. The number of benzene rings is 2. The SMILES string of the molecule is O=C(CSc1nc2ccccc2o1)Nc1ccc(Cl)c(C(=O)[O-])c1. The number of hydrogen-bond acceptors (Lipinski definition) is 6. The van der Waals surface area contributed by atoms with Gasteiger partial charge in [-0.25, -0.2) is 4.98 Å². The number of carboxylic acid groups (broad SMARTS) is 1. The van der Waals surface area contributed by atoms with Gasteiger partial charge in [-0.1, -0.05) is 35.5 Å². The number of anilines is 1. The van der Waals surface area contributed by atoms with Gasteiger partial charge in [0, 0.05) is 16.3 Å². The van der Waals surface area contributed by atoms with Crippen molar-refractivity contribution in [3.8, 4) is 0 Å². The first kappa shape index (κ1) is 16.4. The first-order valence-electron chi connectivity index (χ1n) is 6.82. The first-order chi connectivity index (χ1) is 11.5. The Morgan fingerprint density at radius 2 is 2.04 bits per heavy atom. The smallest absolute Gasteiger partial charge is 0.257 e. The molecule has 0 saturated heterocycles. The highest BCUT2D eigenvalue weighted by Gasteiger charge is 2.10. The summed E-state index contributed by atoms with van der Waals surface area (Å²) in [6.07, 6.45) is 0. The Morgan fingerprint density at radius 3 is 2.79 bits per heavy atom. The van der Waals surface area contributed by atoms with Gasteiger partial charge in [-0.15, -0.1) is 0 Å². The molecule has 0 aliphatic rings. The fraction of sp³-hybridized carbons (Fsp3) is 0.0625. The van der Waals surface area contributed by atoms with Crippen molar-refractivity contribution in [3.63, 3.8) is 0 Å². The number of halogens is 1. The molecule has 0 aliphatic carbocycles. The van der Waals surface area contributed by atoms with Gasteiger partial charge in [-0.2, -0.15) is 0 Å². The summed E-state index contributed by atoms with van der Waals surface area (Å²) in [6, 6.07) is 11.4. The Labute approximate surface area is 145 Å². The first-order valence-corrected chi connectivity index (χ1v) is 8.18. The maximum Gasteiger partial charge on any atom is 0.257 e. The molecule has 0 radical (unpaired) electrons. The molecule has 24 heavy (non-hydrogen) atoms. The van der Waals surface area contributed by atoms with Crippen molar-refractivity contribution in [2.75, 3.05) is 11.1 Å². The zero-order valence-corrected chi connectivity index (χ0v) is 13.7. The van der Waals surface area contributed by atoms with Crippen LogP contribution in [0.25, 0.3) is 11.1 Å². The Bertz CT molecular complexity index is 892. The normalized spacial score (nSPS) is 10.7. The molecular formula is C16H10ClN2O4S-. The summed E-state index contributed by atoms with van der Waals surface area (Å²) < 4.78 is 5.50. The molecule has 0 saturated carbocycles. The number of fused-ring (bicyclic) bond motifs is 1. The molecule has 122 valence electrons. The molecule has 2 aromatic carbocycles. The van der Waals surface area contributed by atoms with Crippen LogP contribution in [0.1, 0.15) is 10.4 Å². The third kappa shape index (κ3) is 3.69. The molecule has 1 amide bonds. The summed E-state index contributed by atoms with van der Waals surface area (Å²) in [4.78, 5) is 27.1. The van der Waals surface area contributed by atoms with Gasteiger partial charge in [0.1, 0.15) is 5.52 Å². The van der Waals surface area contributed by atoms with E-state index in [0.29, 0.717) is 16.5 Å². The predicted octanol–water partition coefficient (Wildman–Crippen LogP) is 2.58. The summed E-state index contributed by atoms with van der Waals surface area (Å²) in [6.45, 7) is 0. The molecule has 0 spiro atoms. The number of nitrogens with zero attached hydrogens (tertiary/aromatic N) is 1. The van der Waals surface area contributed by atoms with E-state index < -0.39 is 5.97 Å². The molecule has 6 nitrogen and oxygen atoms in total. The lowest BCUT2D eigenvalue weighted by Gasteiger charge is -2.09. The maximum absolute atomic E-state index is 12.0. The van der Waals surface area contributed by atoms with Crippen molar-refractivity contribution in [2.24, 2.45) is 0 Å². The van der Waals surface area contributed by atoms with Gasteiger partial charge >= 0.3 is 0 Å². The Morgan fingerprint density at radius 1 is 1.25 bits per heavy atom. The summed E-state index contributed by atoms with van der Waals surface area (Å²) in [5, 5.41) is 13.9. The van der Waals surface area contributed by atoms with E-state index in [4.69, 9.17) is 16.0 Å². The molecule has 1 N–H and O–H groups in total. The van der Waals surface area contributed by atoms with E-state index in [2.05, 4.69) is 10.3 Å². The van der Waals surface area contributed by atoms with Crippen molar-refractivity contribution >= 4 is 52.0 Å². The van der Waals surface area contributed by atoms with Crippen molar-refractivity contribution in [1.82, 2.24) is 4.98 Å². The fourth-order valence-electron chi connectivity index (χ4n) is 2.00. The monoisotopic (exact) mass is 361 g/mol. The minimum atomic E-state index is -1.41. The van der Waals surface area contributed by atoms with E-state index in [-0.39, 0.29) is 22.2 Å².